The van der Waals surface area contributed by atoms with Crippen LogP contribution in [0, 0.1) is 13.8 Å². The zero-order valence-electron chi connectivity index (χ0n) is 13.9. The van der Waals surface area contributed by atoms with Gasteiger partial charge in [0.05, 0.1) is 0 Å². The molecule has 6 heteroatoms. The molecule has 2 aromatic rings. The van der Waals surface area contributed by atoms with Gasteiger partial charge in [0.2, 0.25) is 0 Å². The zero-order valence-corrected chi connectivity index (χ0v) is 16.5. The molecule has 0 N–H and O–H groups in total. The molecule has 0 radical (unpaired) electrons. The fourth-order valence-corrected chi connectivity index (χ4v) is 5.79. The molecule has 0 aliphatic heterocycles. The van der Waals surface area contributed by atoms with Crippen LogP contribution in [0.2, 0.25) is 13.1 Å². The van der Waals surface area contributed by atoms with Gasteiger partial charge in [-0.05, 0) is 52.2 Å². The molecule has 0 saturated heterocycles. The molecule has 0 saturated carbocycles. The molecule has 130 valence electrons. The van der Waals surface area contributed by atoms with Gasteiger partial charge >= 0.3 is 10.8 Å². The van der Waals surface area contributed by atoms with E-state index in [-0.39, 0.29) is 0 Å². The Labute approximate surface area is 149 Å². The molecule has 0 atom stereocenters. The van der Waals surface area contributed by atoms with Crippen LogP contribution in [-0.2, 0) is 5.92 Å². The van der Waals surface area contributed by atoms with E-state index in [1.165, 1.54) is 6.07 Å². The average molecular weight is 419 g/mol. The number of benzene rings is 2. The molecule has 0 bridgehead atoms. The number of halogens is 5. The van der Waals surface area contributed by atoms with Gasteiger partial charge in [-0.1, -0.05) is 54.7 Å². The number of rotatable bonds is 4. The van der Waals surface area contributed by atoms with Crippen LogP contribution in [0.15, 0.2) is 42.5 Å². The van der Waals surface area contributed by atoms with Crippen molar-refractivity contribution in [2.24, 2.45) is 0 Å². The lowest BCUT2D eigenvalue weighted by Gasteiger charge is -2.32. The molecule has 2 rings (SSSR count). The highest BCUT2D eigenvalue weighted by Crippen LogP contribution is 2.47. The number of hydrogen-bond donors (Lipinski definition) is 0. The second-order valence-electron chi connectivity index (χ2n) is 6.55. The monoisotopic (exact) mass is 418 g/mol. The molecule has 0 heterocycles. The van der Waals surface area contributed by atoms with E-state index < -0.39 is 24.4 Å². The van der Waals surface area contributed by atoms with Gasteiger partial charge in [0.15, 0.2) is 0 Å². The maximum Gasteiger partial charge on any atom is 0.367 e. The van der Waals surface area contributed by atoms with E-state index in [0.717, 1.165) is 10.8 Å². The summed E-state index contributed by atoms with van der Waals surface area (Å²) in [5.41, 5.74) is 0.801. The minimum Gasteiger partial charge on any atom is -0.193 e. The first kappa shape index (κ1) is 19.2. The van der Waals surface area contributed by atoms with Crippen molar-refractivity contribution in [2.75, 3.05) is 0 Å². The van der Waals surface area contributed by atoms with Gasteiger partial charge < -0.3 is 0 Å². The van der Waals surface area contributed by atoms with E-state index in [0.29, 0.717) is 10.8 Å². The summed E-state index contributed by atoms with van der Waals surface area (Å²) in [7, 11) is -2.58. The molecule has 0 aliphatic carbocycles. The Morgan fingerprint density at radius 3 is 1.88 bits per heavy atom. The van der Waals surface area contributed by atoms with Crippen LogP contribution in [0.4, 0.5) is 17.6 Å². The highest BCUT2D eigenvalue weighted by Gasteiger charge is 2.57. The first-order valence-corrected chi connectivity index (χ1v) is 11.3. The van der Waals surface area contributed by atoms with Crippen LogP contribution in [0.25, 0.3) is 0 Å². The zero-order chi connectivity index (χ0) is 18.3. The minimum atomic E-state index is -4.31. The van der Waals surface area contributed by atoms with Crippen molar-refractivity contribution in [2.45, 2.75) is 37.7 Å². The number of alkyl halides is 5. The average Bonchev–Trinajstić information content (AvgIpc) is 2.49. The van der Waals surface area contributed by atoms with Crippen LogP contribution < -0.4 is 10.4 Å². The third kappa shape index (κ3) is 3.31. The molecule has 0 unspecified atom stereocenters. The third-order valence-corrected chi connectivity index (χ3v) is 8.53. The summed E-state index contributed by atoms with van der Waals surface area (Å²) in [5.74, 6) is -4.29. The quantitative estimate of drug-likeness (QED) is 0.363. The van der Waals surface area contributed by atoms with Gasteiger partial charge in [-0.15, -0.1) is 0 Å². The Hall–Kier alpha value is -1.14. The molecule has 0 aromatic heterocycles. The lowest BCUT2D eigenvalue weighted by Crippen LogP contribution is -2.56. The Bertz CT molecular complexity index is 737. The predicted molar refractivity (Wildman–Crippen MR) is 96.9 cm³/mol. The molecule has 0 amide bonds. The van der Waals surface area contributed by atoms with Gasteiger partial charge in [0.25, 0.3) is 0 Å². The topological polar surface area (TPSA) is 0 Å². The van der Waals surface area contributed by atoms with Crippen molar-refractivity contribution >= 4 is 34.4 Å². The summed E-state index contributed by atoms with van der Waals surface area (Å²) in [6, 6.07) is 12.1. The van der Waals surface area contributed by atoms with Gasteiger partial charge in [-0.3, -0.25) is 0 Å². The fourth-order valence-electron chi connectivity index (χ4n) is 2.76. The summed E-state index contributed by atoms with van der Waals surface area (Å²) >= 11 is 1.87. The fraction of sp³-hybridized carbons (Fsp3) is 0.333. The molecule has 0 spiro atoms. The van der Waals surface area contributed by atoms with E-state index in [1.807, 2.05) is 66.3 Å². The van der Waals surface area contributed by atoms with Crippen LogP contribution in [0.3, 0.4) is 0 Å². The van der Waals surface area contributed by atoms with Crippen molar-refractivity contribution in [3.8, 4) is 0 Å². The van der Waals surface area contributed by atoms with Gasteiger partial charge in [-0.2, -0.15) is 17.6 Å². The van der Waals surface area contributed by atoms with Crippen LogP contribution in [0.5, 0.6) is 0 Å². The largest absolute Gasteiger partial charge is 0.367 e. The molecular formula is C18H19BrF4Si. The summed E-state index contributed by atoms with van der Waals surface area (Å²) in [6.45, 7) is 7.27. The van der Waals surface area contributed by atoms with E-state index in [2.05, 4.69) is 0 Å². The Kier molecular flexibility index (Phi) is 5.03. The van der Waals surface area contributed by atoms with E-state index in [4.69, 9.17) is 0 Å². The van der Waals surface area contributed by atoms with Gasteiger partial charge in [0, 0.05) is 5.56 Å². The summed E-state index contributed by atoms with van der Waals surface area (Å²) in [6.07, 6.45) is 0. The summed E-state index contributed by atoms with van der Waals surface area (Å²) in [4.78, 5) is -4.31. The summed E-state index contributed by atoms with van der Waals surface area (Å²) < 4.78 is 56.2. The molecular weight excluding hydrogens is 400 g/mol. The first-order valence-electron chi connectivity index (χ1n) is 7.51. The first-order chi connectivity index (χ1) is 10.9. The van der Waals surface area contributed by atoms with Gasteiger partial charge in [0.1, 0.15) is 8.07 Å². The second-order valence-corrected chi connectivity index (χ2v) is 11.9. The van der Waals surface area contributed by atoms with Crippen LogP contribution in [-0.4, -0.2) is 12.9 Å². The lowest BCUT2D eigenvalue weighted by molar-refractivity contribution is -0.153. The SMILES string of the molecule is Cc1cc(C(F)(F)C(F)(F)Br)c([Si](C)(C)c2ccccc2)cc1C. The van der Waals surface area contributed by atoms with E-state index >= 15 is 0 Å². The second kappa shape index (κ2) is 6.30. The normalized spacial score (nSPS) is 13.2. The standard InChI is InChI=1S/C18H19BrF4Si/c1-12-10-15(17(20,21)18(19,22)23)16(11-13(12)2)24(3,4)14-8-6-5-7-9-14/h5-11H,1-4H3. The smallest absolute Gasteiger partial charge is 0.193 e. The maximum absolute atomic E-state index is 14.5. The lowest BCUT2D eigenvalue weighted by atomic mass is 10.0. The van der Waals surface area contributed by atoms with Crippen molar-refractivity contribution < 1.29 is 17.6 Å². The third-order valence-electron chi connectivity index (χ3n) is 4.50. The number of hydrogen-bond acceptors (Lipinski definition) is 0. The molecule has 0 fully saturated rings. The molecule has 2 aromatic carbocycles. The van der Waals surface area contributed by atoms with Crippen molar-refractivity contribution in [1.82, 2.24) is 0 Å². The van der Waals surface area contributed by atoms with E-state index in [9.17, 15) is 17.6 Å². The van der Waals surface area contributed by atoms with Crippen molar-refractivity contribution in [1.29, 1.82) is 0 Å². The Morgan fingerprint density at radius 1 is 0.875 bits per heavy atom. The molecule has 0 aliphatic rings. The molecule has 24 heavy (non-hydrogen) atoms. The van der Waals surface area contributed by atoms with Gasteiger partial charge in [-0.25, -0.2) is 0 Å². The van der Waals surface area contributed by atoms with Crippen molar-refractivity contribution in [3.05, 3.63) is 59.2 Å². The minimum absolute atomic E-state index is 0.334. The van der Waals surface area contributed by atoms with Crippen molar-refractivity contribution in [3.63, 3.8) is 0 Å². The van der Waals surface area contributed by atoms with Crippen LogP contribution >= 0.6 is 15.9 Å². The predicted octanol–water partition coefficient (Wildman–Crippen LogP) is 5.21. The highest BCUT2D eigenvalue weighted by atomic mass is 79.9. The van der Waals surface area contributed by atoms with Crippen LogP contribution in [0.1, 0.15) is 16.7 Å². The highest BCUT2D eigenvalue weighted by molar-refractivity contribution is 9.10. The Morgan fingerprint density at radius 2 is 1.38 bits per heavy atom. The Balaban J connectivity index is 2.77. The maximum atomic E-state index is 14.5. The molecule has 0 nitrogen and oxygen atoms in total. The summed E-state index contributed by atoms with van der Waals surface area (Å²) in [5, 5.41) is 1.25. The number of aryl methyl sites for hydroxylation is 2. The van der Waals surface area contributed by atoms with E-state index in [1.54, 1.807) is 13.0 Å².